The zero-order valence-electron chi connectivity index (χ0n) is 6.37. The van der Waals surface area contributed by atoms with Gasteiger partial charge in [0.15, 0.2) is 0 Å². The molecule has 0 aromatic rings. The number of nitrogens with zero attached hydrogens (tertiary/aromatic N) is 1. The van der Waals surface area contributed by atoms with Crippen LogP contribution in [0.1, 0.15) is 14.8 Å². The molecule has 0 amide bonds. The van der Waals surface area contributed by atoms with Crippen LogP contribution in [-0.2, 0) is 0 Å². The minimum absolute atomic E-state index is 0. The molecule has 0 atom stereocenters. The van der Waals surface area contributed by atoms with E-state index in [4.69, 9.17) is 12.2 Å². The van der Waals surface area contributed by atoms with Gasteiger partial charge in [-0.2, -0.15) is 0 Å². The van der Waals surface area contributed by atoms with Gasteiger partial charge in [0.25, 0.3) is 0 Å². The maximum Gasteiger partial charge on any atom is 0.0763 e. The second kappa shape index (κ2) is 4.03. The van der Waals surface area contributed by atoms with E-state index in [0.29, 0.717) is 0 Å². The van der Waals surface area contributed by atoms with Crippen molar-refractivity contribution in [1.29, 1.82) is 0 Å². The largest absolute Gasteiger partial charge is 0.352 e. The molecule has 1 N–H and O–H groups in total. The molecule has 0 bridgehead atoms. The summed E-state index contributed by atoms with van der Waals surface area (Å²) in [6.07, 6.45) is 8.37. The van der Waals surface area contributed by atoms with Crippen LogP contribution in [0.4, 0.5) is 0 Å². The summed E-state index contributed by atoms with van der Waals surface area (Å²) in [5.41, 5.74) is 1.04. The molecule has 0 aromatic heterocycles. The van der Waals surface area contributed by atoms with E-state index in [-0.39, 0.29) is 1.43 Å². The molecule has 1 aliphatic rings. The van der Waals surface area contributed by atoms with Crippen molar-refractivity contribution >= 4 is 23.4 Å². The molecule has 1 heterocycles. The van der Waals surface area contributed by atoms with Crippen molar-refractivity contribution in [3.63, 3.8) is 0 Å². The number of nitrogens with one attached hydrogen (secondary N) is 1. The first-order valence-corrected chi connectivity index (χ1v) is 3.85. The number of hydrogen-bond donors (Lipinski definition) is 1. The number of allylic oxidation sites excluding steroid dienone is 2. The molecule has 0 radical (unpaired) electrons. The predicted molar refractivity (Wildman–Crippen MR) is 53.9 cm³/mol. The van der Waals surface area contributed by atoms with Gasteiger partial charge in [0, 0.05) is 26.0 Å². The molecule has 1 aliphatic heterocycles. The van der Waals surface area contributed by atoms with Crippen LogP contribution in [0, 0.1) is 0 Å². The van der Waals surface area contributed by atoms with Crippen molar-refractivity contribution in [2.24, 2.45) is 4.99 Å². The average Bonchev–Trinajstić information content (AvgIpc) is 2.14. The normalized spacial score (nSPS) is 15.5. The van der Waals surface area contributed by atoms with Crippen molar-refractivity contribution < 1.29 is 1.43 Å². The van der Waals surface area contributed by atoms with E-state index in [1.807, 2.05) is 19.1 Å². The third kappa shape index (κ3) is 3.09. The summed E-state index contributed by atoms with van der Waals surface area (Å²) in [4.78, 5) is 4.79. The van der Waals surface area contributed by atoms with E-state index in [2.05, 4.69) is 10.3 Å². The number of thiocarbonyl (C=S) groups is 1. The Bertz CT molecular complexity index is 243. The molecule has 0 spiro atoms. The van der Waals surface area contributed by atoms with Crippen LogP contribution in [0.2, 0.25) is 0 Å². The summed E-state index contributed by atoms with van der Waals surface area (Å²) >= 11 is 4.89. The first-order valence-electron chi connectivity index (χ1n) is 3.44. The van der Waals surface area contributed by atoms with Crippen LogP contribution in [-0.4, -0.2) is 11.2 Å². The minimum Gasteiger partial charge on any atom is -0.352 e. The third-order valence-corrected chi connectivity index (χ3v) is 1.32. The molecular weight excluding hydrogens is 156 g/mol. The molecule has 3 heteroatoms. The Morgan fingerprint density at radius 2 is 2.64 bits per heavy atom. The van der Waals surface area contributed by atoms with Crippen LogP contribution in [0.3, 0.4) is 0 Å². The summed E-state index contributed by atoms with van der Waals surface area (Å²) in [6.45, 7) is 1.86. The molecule has 2 nitrogen and oxygen atoms in total. The van der Waals surface area contributed by atoms with Gasteiger partial charge >= 0.3 is 0 Å². The summed E-state index contributed by atoms with van der Waals surface area (Å²) in [7, 11) is 0. The maximum absolute atomic E-state index is 4.89. The molecule has 1 rings (SSSR count). The molecular formula is C8H12N2S. The molecule has 0 unspecified atom stereocenters. The third-order valence-electron chi connectivity index (χ3n) is 1.21. The Morgan fingerprint density at radius 1 is 1.82 bits per heavy atom. The Morgan fingerprint density at radius 3 is 3.36 bits per heavy atom. The standard InChI is InChI=1S/C8H10N2S.H2/c1-7(11)10-8-4-2-3-5-9-6-8;/h2-3,5-6H,4H2,1H3,(H,10,11);1H. The Balaban J connectivity index is 0.00000121. The van der Waals surface area contributed by atoms with Crippen molar-refractivity contribution in [3.8, 4) is 0 Å². The number of rotatable bonds is 1. The highest BCUT2D eigenvalue weighted by Crippen LogP contribution is 2.01. The Kier molecular flexibility index (Phi) is 2.98. The highest BCUT2D eigenvalue weighted by atomic mass is 32.1. The molecule has 0 saturated heterocycles. The fourth-order valence-corrected chi connectivity index (χ4v) is 0.932. The topological polar surface area (TPSA) is 24.4 Å². The van der Waals surface area contributed by atoms with Crippen molar-refractivity contribution in [2.75, 3.05) is 0 Å². The highest BCUT2D eigenvalue weighted by molar-refractivity contribution is 7.80. The SMILES string of the molecule is CC(=S)NC1=CN=CC=CC1.[HH]. The zero-order chi connectivity index (χ0) is 8.10. The number of aliphatic imine (C=N–C) groups is 1. The van der Waals surface area contributed by atoms with Gasteiger partial charge in [-0.1, -0.05) is 18.3 Å². The Hall–Kier alpha value is -0.960. The lowest BCUT2D eigenvalue weighted by Crippen LogP contribution is -2.16. The van der Waals surface area contributed by atoms with E-state index < -0.39 is 0 Å². The maximum atomic E-state index is 4.89. The van der Waals surface area contributed by atoms with E-state index in [1.165, 1.54) is 0 Å². The van der Waals surface area contributed by atoms with Crippen LogP contribution < -0.4 is 5.32 Å². The molecule has 0 aromatic carbocycles. The average molecular weight is 168 g/mol. The zero-order valence-corrected chi connectivity index (χ0v) is 7.19. The lowest BCUT2D eigenvalue weighted by Gasteiger charge is -2.03. The molecule has 60 valence electrons. The lowest BCUT2D eigenvalue weighted by molar-refractivity contribution is 1.04. The fraction of sp³-hybridized carbons (Fsp3) is 0.250. The van der Waals surface area contributed by atoms with Crippen LogP contribution in [0.15, 0.2) is 29.0 Å². The number of hydrogen-bond acceptors (Lipinski definition) is 2. The van der Waals surface area contributed by atoms with Crippen LogP contribution in [0.5, 0.6) is 0 Å². The first kappa shape index (κ1) is 8.14. The minimum atomic E-state index is 0. The second-order valence-electron chi connectivity index (χ2n) is 2.27. The monoisotopic (exact) mass is 168 g/mol. The molecule has 0 aliphatic carbocycles. The van der Waals surface area contributed by atoms with Crippen molar-refractivity contribution in [1.82, 2.24) is 5.32 Å². The lowest BCUT2D eigenvalue weighted by atomic mass is 10.3. The molecule has 0 fully saturated rings. The summed E-state index contributed by atoms with van der Waals surface area (Å²) in [5, 5.41) is 3.05. The van der Waals surface area contributed by atoms with E-state index >= 15 is 0 Å². The summed E-state index contributed by atoms with van der Waals surface area (Å²) < 4.78 is 0. The van der Waals surface area contributed by atoms with Gasteiger partial charge in [-0.25, -0.2) is 0 Å². The van der Waals surface area contributed by atoms with E-state index in [9.17, 15) is 0 Å². The highest BCUT2D eigenvalue weighted by Gasteiger charge is 1.94. The van der Waals surface area contributed by atoms with Gasteiger partial charge in [0.1, 0.15) is 0 Å². The Labute approximate surface area is 73.2 Å². The van der Waals surface area contributed by atoms with Gasteiger partial charge in [-0.3, -0.25) is 4.99 Å². The van der Waals surface area contributed by atoms with Gasteiger partial charge in [-0.05, 0) is 13.0 Å². The van der Waals surface area contributed by atoms with Gasteiger partial charge in [0.05, 0.1) is 4.99 Å². The summed E-state index contributed by atoms with van der Waals surface area (Å²) in [5.74, 6) is 0. The fourth-order valence-electron chi connectivity index (χ4n) is 0.801. The van der Waals surface area contributed by atoms with Gasteiger partial charge in [-0.15, -0.1) is 0 Å². The first-order chi connectivity index (χ1) is 5.29. The summed E-state index contributed by atoms with van der Waals surface area (Å²) in [6, 6.07) is 0. The van der Waals surface area contributed by atoms with Crippen LogP contribution >= 0.6 is 12.2 Å². The second-order valence-corrected chi connectivity index (χ2v) is 2.88. The molecule has 11 heavy (non-hydrogen) atoms. The predicted octanol–water partition coefficient (Wildman–Crippen LogP) is 2.04. The van der Waals surface area contributed by atoms with Gasteiger partial charge in [0.2, 0.25) is 0 Å². The van der Waals surface area contributed by atoms with E-state index in [0.717, 1.165) is 17.1 Å². The van der Waals surface area contributed by atoms with E-state index in [1.54, 1.807) is 12.4 Å². The van der Waals surface area contributed by atoms with Gasteiger partial charge < -0.3 is 5.32 Å². The van der Waals surface area contributed by atoms with Crippen molar-refractivity contribution in [2.45, 2.75) is 13.3 Å². The van der Waals surface area contributed by atoms with Crippen molar-refractivity contribution in [3.05, 3.63) is 24.0 Å². The quantitative estimate of drug-likeness (QED) is 0.606. The smallest absolute Gasteiger partial charge is 0.0763 e. The molecule has 0 saturated carbocycles. The van der Waals surface area contributed by atoms with Crippen LogP contribution in [0.25, 0.3) is 0 Å².